The first kappa shape index (κ1) is 14.6. The fraction of sp³-hybridized carbons (Fsp3) is 0.182. The number of carbonyl (C=O) groups is 1. The second-order valence-corrected chi connectivity index (χ2v) is 6.83. The molecule has 0 spiro atoms. The van der Waals surface area contributed by atoms with E-state index in [2.05, 4.69) is 15.3 Å². The van der Waals surface area contributed by atoms with E-state index in [0.717, 1.165) is 11.3 Å². The molecule has 0 unspecified atom stereocenters. The molecule has 0 aliphatic carbocycles. The van der Waals surface area contributed by atoms with Crippen LogP contribution in [0.1, 0.15) is 21.7 Å². The number of rotatable bonds is 3. The molecule has 2 aromatic rings. The third kappa shape index (κ3) is 3.18. The van der Waals surface area contributed by atoms with Crippen LogP contribution in [0.5, 0.6) is 0 Å². The second kappa shape index (κ2) is 5.27. The normalized spacial score (nSPS) is 11.3. The van der Waals surface area contributed by atoms with Gasteiger partial charge in [0.25, 0.3) is 5.91 Å². The van der Waals surface area contributed by atoms with Crippen molar-refractivity contribution in [2.45, 2.75) is 18.1 Å². The zero-order valence-corrected chi connectivity index (χ0v) is 12.4. The van der Waals surface area contributed by atoms with E-state index in [1.54, 1.807) is 19.1 Å². The lowest BCUT2D eigenvalue weighted by molar-refractivity contribution is 0.102. The minimum atomic E-state index is -3.83. The van der Waals surface area contributed by atoms with Crippen LogP contribution in [0.4, 0.5) is 5.13 Å². The van der Waals surface area contributed by atoms with E-state index >= 15 is 0 Å². The van der Waals surface area contributed by atoms with Crippen LogP contribution in [0.2, 0.25) is 0 Å². The summed E-state index contributed by atoms with van der Waals surface area (Å²) in [5.74, 6) is -0.384. The highest BCUT2D eigenvalue weighted by atomic mass is 32.2. The van der Waals surface area contributed by atoms with Crippen LogP contribution in [0.25, 0.3) is 0 Å². The molecule has 20 heavy (non-hydrogen) atoms. The zero-order valence-electron chi connectivity index (χ0n) is 10.7. The maximum atomic E-state index is 12.0. The van der Waals surface area contributed by atoms with Gasteiger partial charge in [0.15, 0.2) is 9.34 Å². The highest BCUT2D eigenvalue weighted by molar-refractivity contribution is 7.91. The molecule has 2 rings (SSSR count). The maximum Gasteiger partial charge on any atom is 0.257 e. The summed E-state index contributed by atoms with van der Waals surface area (Å²) in [4.78, 5) is 20.0. The Balaban J connectivity index is 2.25. The monoisotopic (exact) mass is 312 g/mol. The highest BCUT2D eigenvalue weighted by Gasteiger charge is 2.19. The van der Waals surface area contributed by atoms with Crippen LogP contribution in [0.15, 0.2) is 22.5 Å². The smallest absolute Gasteiger partial charge is 0.257 e. The maximum absolute atomic E-state index is 12.0. The van der Waals surface area contributed by atoms with E-state index in [1.165, 1.54) is 13.1 Å². The van der Waals surface area contributed by atoms with Gasteiger partial charge in [-0.25, -0.2) is 18.5 Å². The lowest BCUT2D eigenvalue weighted by atomic mass is 10.2. The molecule has 0 fully saturated rings. The van der Waals surface area contributed by atoms with Crippen LogP contribution >= 0.6 is 11.3 Å². The summed E-state index contributed by atoms with van der Waals surface area (Å²) in [6.07, 6.45) is 1.52. The van der Waals surface area contributed by atoms with Gasteiger partial charge in [-0.05, 0) is 26.0 Å². The predicted molar refractivity (Wildman–Crippen MR) is 75.2 cm³/mol. The van der Waals surface area contributed by atoms with Crippen molar-refractivity contribution in [1.29, 1.82) is 0 Å². The number of nitrogens with one attached hydrogen (secondary N) is 1. The van der Waals surface area contributed by atoms with E-state index in [1.807, 2.05) is 0 Å². The highest BCUT2D eigenvalue weighted by Crippen LogP contribution is 2.26. The Morgan fingerprint density at radius 1 is 1.40 bits per heavy atom. The van der Waals surface area contributed by atoms with Crippen molar-refractivity contribution in [2.75, 3.05) is 5.32 Å². The Morgan fingerprint density at radius 2 is 2.10 bits per heavy atom. The van der Waals surface area contributed by atoms with Crippen molar-refractivity contribution in [3.63, 3.8) is 0 Å². The summed E-state index contributed by atoms with van der Waals surface area (Å²) < 4.78 is 22.5. The Bertz CT molecular complexity index is 768. The van der Waals surface area contributed by atoms with Crippen LogP contribution in [-0.4, -0.2) is 24.3 Å². The molecule has 0 aliphatic heterocycles. The number of aryl methyl sites for hydroxylation is 2. The van der Waals surface area contributed by atoms with E-state index in [4.69, 9.17) is 5.14 Å². The van der Waals surface area contributed by atoms with Crippen molar-refractivity contribution in [1.82, 2.24) is 9.97 Å². The second-order valence-electron chi connectivity index (χ2n) is 4.08. The number of anilines is 1. The third-order valence-electron chi connectivity index (χ3n) is 2.39. The van der Waals surface area contributed by atoms with Crippen LogP contribution < -0.4 is 10.5 Å². The molecule has 0 saturated heterocycles. The number of hydrogen-bond donors (Lipinski definition) is 2. The Morgan fingerprint density at radius 3 is 2.65 bits per heavy atom. The topological polar surface area (TPSA) is 115 Å². The molecular weight excluding hydrogens is 300 g/mol. The number of carbonyl (C=O) groups excluding carboxylic acids is 1. The molecule has 2 heterocycles. The summed E-state index contributed by atoms with van der Waals surface area (Å²) in [7, 11) is -3.83. The van der Waals surface area contributed by atoms with Gasteiger partial charge in [-0.2, -0.15) is 0 Å². The molecule has 7 nitrogen and oxygen atoms in total. The molecule has 0 atom stereocenters. The molecule has 3 N–H and O–H groups in total. The average Bonchev–Trinajstić information content (AvgIpc) is 2.70. The van der Waals surface area contributed by atoms with Crippen LogP contribution in [0.3, 0.4) is 0 Å². The standard InChI is InChI=1S/C11H12N4O3S2/c1-6-5-8(3-4-13-6)9(16)15-11-14-7(2)10(19-11)20(12,17)18/h3-5H,1-2H3,(H2,12,17,18)(H,14,15,16). The number of nitrogens with two attached hydrogens (primary N) is 1. The van der Waals surface area contributed by atoms with Gasteiger partial charge < -0.3 is 0 Å². The first-order valence-corrected chi connectivity index (χ1v) is 7.88. The van der Waals surface area contributed by atoms with E-state index in [0.29, 0.717) is 11.3 Å². The number of nitrogens with zero attached hydrogens (tertiary/aromatic N) is 2. The lowest BCUT2D eigenvalue weighted by Crippen LogP contribution is -2.12. The number of aromatic nitrogens is 2. The lowest BCUT2D eigenvalue weighted by Gasteiger charge is -2.01. The summed E-state index contributed by atoms with van der Waals surface area (Å²) >= 11 is 0.822. The minimum Gasteiger partial charge on any atom is -0.298 e. The molecule has 2 aromatic heterocycles. The van der Waals surface area contributed by atoms with Gasteiger partial charge in [-0.3, -0.25) is 15.1 Å². The molecule has 9 heteroatoms. The molecule has 0 saturated carbocycles. The van der Waals surface area contributed by atoms with Gasteiger partial charge >= 0.3 is 0 Å². The van der Waals surface area contributed by atoms with Crippen molar-refractivity contribution < 1.29 is 13.2 Å². The quantitative estimate of drug-likeness (QED) is 0.879. The van der Waals surface area contributed by atoms with E-state index in [-0.39, 0.29) is 20.9 Å². The molecule has 106 valence electrons. The first-order valence-electron chi connectivity index (χ1n) is 5.51. The van der Waals surface area contributed by atoms with Crippen molar-refractivity contribution >= 4 is 32.4 Å². The fourth-order valence-corrected chi connectivity index (χ4v) is 3.41. The summed E-state index contributed by atoms with van der Waals surface area (Å²) in [6.45, 7) is 3.28. The van der Waals surface area contributed by atoms with Gasteiger partial charge in [-0.15, -0.1) is 0 Å². The van der Waals surface area contributed by atoms with Gasteiger partial charge in [0.1, 0.15) is 0 Å². The fourth-order valence-electron chi connectivity index (χ4n) is 1.56. The van der Waals surface area contributed by atoms with Gasteiger partial charge in [0.05, 0.1) is 5.69 Å². The van der Waals surface area contributed by atoms with Gasteiger partial charge in [0, 0.05) is 17.5 Å². The Labute approximate surface area is 119 Å². The number of primary sulfonamides is 1. The Kier molecular flexibility index (Phi) is 3.84. The SMILES string of the molecule is Cc1cc(C(=O)Nc2nc(C)c(S(N)(=O)=O)s2)ccn1. The summed E-state index contributed by atoms with van der Waals surface area (Å²) in [6, 6.07) is 3.18. The van der Waals surface area contributed by atoms with E-state index < -0.39 is 10.0 Å². The van der Waals surface area contributed by atoms with Crippen LogP contribution in [-0.2, 0) is 10.0 Å². The van der Waals surface area contributed by atoms with Crippen molar-refractivity contribution in [3.8, 4) is 0 Å². The number of amides is 1. The largest absolute Gasteiger partial charge is 0.298 e. The first-order chi connectivity index (χ1) is 9.27. The number of pyridine rings is 1. The molecule has 1 amide bonds. The third-order valence-corrected chi connectivity index (χ3v) is 5.02. The number of sulfonamides is 1. The number of thiazole rings is 1. The van der Waals surface area contributed by atoms with Crippen molar-refractivity contribution in [2.24, 2.45) is 5.14 Å². The minimum absolute atomic E-state index is 0.0568. The molecule has 0 bridgehead atoms. The molecule has 0 radical (unpaired) electrons. The van der Waals surface area contributed by atoms with Crippen LogP contribution in [0, 0.1) is 13.8 Å². The number of hydrogen-bond acceptors (Lipinski definition) is 6. The Hall–Kier alpha value is -1.84. The van der Waals surface area contributed by atoms with Crippen molar-refractivity contribution in [3.05, 3.63) is 35.3 Å². The van der Waals surface area contributed by atoms with Gasteiger partial charge in [-0.1, -0.05) is 11.3 Å². The molecular formula is C11H12N4O3S2. The predicted octanol–water partition coefficient (Wildman–Crippen LogP) is 1.05. The molecule has 0 aromatic carbocycles. The van der Waals surface area contributed by atoms with E-state index in [9.17, 15) is 13.2 Å². The average molecular weight is 312 g/mol. The zero-order chi connectivity index (χ0) is 14.9. The summed E-state index contributed by atoms with van der Waals surface area (Å²) in [5.41, 5.74) is 1.39. The summed E-state index contributed by atoms with van der Waals surface area (Å²) in [5, 5.41) is 7.78. The molecule has 0 aliphatic rings. The van der Waals surface area contributed by atoms with Gasteiger partial charge in [0.2, 0.25) is 10.0 Å².